The van der Waals surface area contributed by atoms with Gasteiger partial charge in [-0.1, -0.05) is 0 Å². The maximum atomic E-state index is 9.44. The summed E-state index contributed by atoms with van der Waals surface area (Å²) < 4.78 is 0. The lowest BCUT2D eigenvalue weighted by Crippen LogP contribution is -2.44. The van der Waals surface area contributed by atoms with Gasteiger partial charge in [0.1, 0.15) is 11.1 Å². The number of nitriles is 1. The zero-order chi connectivity index (χ0) is 13.1. The molecule has 1 aromatic rings. The number of thiophene rings is 1. The Kier molecular flexibility index (Phi) is 2.48. The molecule has 2 N–H and O–H groups in total. The van der Waals surface area contributed by atoms with Crippen LogP contribution in [0.1, 0.15) is 54.0 Å². The van der Waals surface area contributed by atoms with Gasteiger partial charge >= 0.3 is 0 Å². The third-order valence-corrected chi connectivity index (χ3v) is 6.78. The van der Waals surface area contributed by atoms with E-state index in [1.807, 2.05) is 0 Å². The van der Waals surface area contributed by atoms with Crippen molar-refractivity contribution < 1.29 is 0 Å². The number of aryl methyl sites for hydroxylation is 1. The van der Waals surface area contributed by atoms with Crippen LogP contribution in [0.5, 0.6) is 0 Å². The van der Waals surface area contributed by atoms with Crippen molar-refractivity contribution in [2.45, 2.75) is 44.9 Å². The van der Waals surface area contributed by atoms with Gasteiger partial charge < -0.3 is 5.73 Å². The van der Waals surface area contributed by atoms with Crippen molar-refractivity contribution in [3.8, 4) is 6.07 Å². The lowest BCUT2D eigenvalue weighted by atomic mass is 9.50. The summed E-state index contributed by atoms with van der Waals surface area (Å²) in [6.07, 6.45) is 7.08. The van der Waals surface area contributed by atoms with Crippen LogP contribution in [0, 0.1) is 41.9 Å². The molecule has 1 heterocycles. The Morgan fingerprint density at radius 2 is 1.68 bits per heavy atom. The molecular formula is C16H20N2S. The number of nitrogen functional groups attached to an aromatic ring is 1. The first-order valence-electron chi connectivity index (χ1n) is 7.46. The van der Waals surface area contributed by atoms with Crippen molar-refractivity contribution in [3.63, 3.8) is 0 Å². The van der Waals surface area contributed by atoms with Gasteiger partial charge in [-0.15, -0.1) is 11.3 Å². The van der Waals surface area contributed by atoms with E-state index < -0.39 is 0 Å². The zero-order valence-corrected chi connectivity index (χ0v) is 12.2. The topological polar surface area (TPSA) is 49.8 Å². The monoisotopic (exact) mass is 272 g/mol. The van der Waals surface area contributed by atoms with Gasteiger partial charge in [0.25, 0.3) is 0 Å². The Morgan fingerprint density at radius 3 is 2.21 bits per heavy atom. The number of nitrogens with two attached hydrogens (primary N) is 1. The van der Waals surface area contributed by atoms with E-state index in [1.165, 1.54) is 42.5 Å². The molecule has 3 heteroatoms. The Bertz CT molecular complexity index is 538. The third-order valence-electron chi connectivity index (χ3n) is 5.83. The largest absolute Gasteiger partial charge is 0.389 e. The van der Waals surface area contributed by atoms with Crippen molar-refractivity contribution in [2.75, 3.05) is 5.73 Å². The number of hydrogen-bond acceptors (Lipinski definition) is 3. The number of anilines is 1. The summed E-state index contributed by atoms with van der Waals surface area (Å²) in [5, 5.41) is 10.2. The minimum absolute atomic E-state index is 0.635. The smallest absolute Gasteiger partial charge is 0.104 e. The third kappa shape index (κ3) is 1.59. The maximum absolute atomic E-state index is 9.44. The minimum Gasteiger partial charge on any atom is -0.389 e. The van der Waals surface area contributed by atoms with Gasteiger partial charge in [-0.05, 0) is 74.2 Å². The molecule has 4 fully saturated rings. The van der Waals surface area contributed by atoms with E-state index in [4.69, 9.17) is 5.73 Å². The maximum Gasteiger partial charge on any atom is 0.104 e. The van der Waals surface area contributed by atoms with Crippen LogP contribution < -0.4 is 5.73 Å². The van der Waals surface area contributed by atoms with Crippen molar-refractivity contribution >= 4 is 16.3 Å². The van der Waals surface area contributed by atoms with Crippen LogP contribution in [0.4, 0.5) is 5.00 Å². The van der Waals surface area contributed by atoms with Crippen LogP contribution in [-0.2, 0) is 0 Å². The van der Waals surface area contributed by atoms with E-state index in [-0.39, 0.29) is 0 Å². The Morgan fingerprint density at radius 1 is 1.11 bits per heavy atom. The predicted molar refractivity (Wildman–Crippen MR) is 78.0 cm³/mol. The second-order valence-electron chi connectivity index (χ2n) is 6.88. The number of nitrogens with zero attached hydrogens (tertiary/aromatic N) is 1. The number of hydrogen-bond donors (Lipinski definition) is 1. The lowest BCUT2D eigenvalue weighted by molar-refractivity contribution is -0.00289. The zero-order valence-electron chi connectivity index (χ0n) is 11.4. The van der Waals surface area contributed by atoms with Crippen LogP contribution in [0.25, 0.3) is 0 Å². The highest BCUT2D eigenvalue weighted by molar-refractivity contribution is 7.16. The molecule has 0 atom stereocenters. The Labute approximate surface area is 118 Å². The molecule has 0 saturated heterocycles. The number of rotatable bonds is 1. The van der Waals surface area contributed by atoms with Crippen molar-refractivity contribution in [2.24, 2.45) is 23.7 Å². The van der Waals surface area contributed by atoms with Crippen molar-refractivity contribution in [3.05, 3.63) is 16.0 Å². The fourth-order valence-electron chi connectivity index (χ4n) is 5.49. The molecule has 4 aliphatic carbocycles. The summed E-state index contributed by atoms with van der Waals surface area (Å²) in [5.41, 5.74) is 8.18. The molecule has 0 aromatic carbocycles. The van der Waals surface area contributed by atoms with Gasteiger partial charge in [0.15, 0.2) is 0 Å². The predicted octanol–water partition coefficient (Wildman–Crippen LogP) is 4.05. The molecule has 5 rings (SSSR count). The van der Waals surface area contributed by atoms with Gasteiger partial charge in [0.05, 0.1) is 5.56 Å². The summed E-state index contributed by atoms with van der Waals surface area (Å²) in [6.45, 7) is 2.16. The summed E-state index contributed by atoms with van der Waals surface area (Å²) in [6, 6.07) is 2.38. The molecular weight excluding hydrogens is 252 g/mol. The normalized spacial score (nSPS) is 39.5. The van der Waals surface area contributed by atoms with Gasteiger partial charge in [-0.3, -0.25) is 0 Å². The van der Waals surface area contributed by atoms with E-state index in [0.717, 1.165) is 34.2 Å². The summed E-state index contributed by atoms with van der Waals surface area (Å²) in [7, 11) is 0. The van der Waals surface area contributed by atoms with E-state index in [9.17, 15) is 5.26 Å². The standard InChI is InChI=1S/C16H20N2S/c1-8-14(13(7-17)16(18)19-8)15-11-3-9-2-10(5-11)6-12(15)4-9/h9-12,15H,2-6,18H2,1H3. The molecule has 4 bridgehead atoms. The Balaban J connectivity index is 1.79. The highest BCUT2D eigenvalue weighted by Crippen LogP contribution is 2.61. The van der Waals surface area contributed by atoms with E-state index in [0.29, 0.717) is 5.92 Å². The van der Waals surface area contributed by atoms with Gasteiger partial charge in [-0.2, -0.15) is 5.26 Å². The summed E-state index contributed by atoms with van der Waals surface area (Å²) in [5.74, 6) is 4.27. The second-order valence-corrected chi connectivity index (χ2v) is 8.14. The SMILES string of the molecule is Cc1sc(N)c(C#N)c1C1C2CC3CC(C2)CC1C3. The van der Waals surface area contributed by atoms with Gasteiger partial charge in [0, 0.05) is 4.88 Å². The quantitative estimate of drug-likeness (QED) is 0.838. The van der Waals surface area contributed by atoms with Gasteiger partial charge in [-0.25, -0.2) is 0 Å². The fourth-order valence-corrected chi connectivity index (χ4v) is 6.43. The first-order chi connectivity index (χ1) is 9.17. The fraction of sp³-hybridized carbons (Fsp3) is 0.688. The van der Waals surface area contributed by atoms with Crippen LogP contribution in [0.15, 0.2) is 0 Å². The second kappa shape index (κ2) is 3.99. The molecule has 0 unspecified atom stereocenters. The highest BCUT2D eigenvalue weighted by Gasteiger charge is 2.49. The van der Waals surface area contributed by atoms with Crippen LogP contribution in [0.2, 0.25) is 0 Å². The molecule has 0 amide bonds. The first-order valence-corrected chi connectivity index (χ1v) is 8.27. The molecule has 0 aliphatic heterocycles. The molecule has 0 radical (unpaired) electrons. The van der Waals surface area contributed by atoms with Crippen molar-refractivity contribution in [1.82, 2.24) is 0 Å². The van der Waals surface area contributed by atoms with Crippen LogP contribution in [-0.4, -0.2) is 0 Å². The minimum atomic E-state index is 0.635. The molecule has 2 nitrogen and oxygen atoms in total. The van der Waals surface area contributed by atoms with E-state index in [2.05, 4.69) is 13.0 Å². The molecule has 4 aliphatic rings. The molecule has 100 valence electrons. The summed E-state index contributed by atoms with van der Waals surface area (Å²) >= 11 is 1.62. The molecule has 1 aromatic heterocycles. The first kappa shape index (κ1) is 11.8. The van der Waals surface area contributed by atoms with Gasteiger partial charge in [0.2, 0.25) is 0 Å². The molecule has 4 saturated carbocycles. The Hall–Kier alpha value is -1.01. The average Bonchev–Trinajstić information content (AvgIpc) is 2.63. The average molecular weight is 272 g/mol. The lowest BCUT2D eigenvalue weighted by Gasteiger charge is -2.54. The molecule has 0 spiro atoms. The van der Waals surface area contributed by atoms with Crippen LogP contribution in [0.3, 0.4) is 0 Å². The van der Waals surface area contributed by atoms with E-state index >= 15 is 0 Å². The van der Waals surface area contributed by atoms with E-state index in [1.54, 1.807) is 11.3 Å². The molecule has 19 heavy (non-hydrogen) atoms. The summed E-state index contributed by atoms with van der Waals surface area (Å²) in [4.78, 5) is 1.30. The van der Waals surface area contributed by atoms with Crippen molar-refractivity contribution in [1.29, 1.82) is 5.26 Å². The van der Waals surface area contributed by atoms with Crippen LogP contribution >= 0.6 is 11.3 Å². The highest BCUT2D eigenvalue weighted by atomic mass is 32.1.